The zero-order valence-electron chi connectivity index (χ0n) is 27.0. The van der Waals surface area contributed by atoms with E-state index in [2.05, 4.69) is 45.1 Å². The second kappa shape index (κ2) is 15.9. The molecule has 8 nitrogen and oxygen atoms in total. The van der Waals surface area contributed by atoms with Crippen LogP contribution in [0.25, 0.3) is 5.65 Å². The number of aromatic nitrogens is 2. The summed E-state index contributed by atoms with van der Waals surface area (Å²) in [7, 11) is 3.29. The number of hydrogen-bond acceptors (Lipinski definition) is 7. The highest BCUT2D eigenvalue weighted by molar-refractivity contribution is 9.10. The van der Waals surface area contributed by atoms with Gasteiger partial charge in [0.1, 0.15) is 35.3 Å². The summed E-state index contributed by atoms with van der Waals surface area (Å²) in [5.41, 5.74) is 4.31. The normalized spacial score (nSPS) is 15.2. The number of quaternary nitrogens is 1. The minimum absolute atomic E-state index is 0.0345. The van der Waals surface area contributed by atoms with E-state index in [1.54, 1.807) is 14.2 Å². The molecule has 0 N–H and O–H groups in total. The van der Waals surface area contributed by atoms with Crippen molar-refractivity contribution in [1.29, 1.82) is 0 Å². The van der Waals surface area contributed by atoms with Crippen LogP contribution >= 0.6 is 39.3 Å². The summed E-state index contributed by atoms with van der Waals surface area (Å²) in [6, 6.07) is 15.7. The fraction of sp³-hybridized carbons (Fsp3) is 0.429. The molecule has 1 fully saturated rings. The van der Waals surface area contributed by atoms with Crippen LogP contribution in [-0.4, -0.2) is 79.2 Å². The molecule has 1 atom stereocenters. The van der Waals surface area contributed by atoms with Crippen molar-refractivity contribution in [3.05, 3.63) is 81.2 Å². The van der Waals surface area contributed by atoms with Crippen molar-refractivity contribution in [1.82, 2.24) is 18.8 Å². The van der Waals surface area contributed by atoms with Gasteiger partial charge in [-0.05, 0) is 48.7 Å². The molecule has 0 radical (unpaired) electrons. The first-order valence-electron chi connectivity index (χ1n) is 15.7. The molecule has 1 aliphatic heterocycles. The number of fused-ring (bicyclic) bond motifs is 1. The van der Waals surface area contributed by atoms with Crippen LogP contribution < -0.4 is 18.7 Å². The Hall–Kier alpha value is -2.76. The smallest absolute Gasteiger partial charge is 0.306 e. The average molecular weight is 731 g/mol. The molecule has 1 unspecified atom stereocenters. The van der Waals surface area contributed by atoms with Gasteiger partial charge in [-0.2, -0.15) is 11.8 Å². The number of nitrogens with zero attached hydrogens (tertiary/aromatic N) is 4. The Morgan fingerprint density at radius 1 is 1.09 bits per heavy atom. The Balaban J connectivity index is 1.56. The predicted molar refractivity (Wildman–Crippen MR) is 192 cm³/mol. The summed E-state index contributed by atoms with van der Waals surface area (Å²) in [4.78, 5) is 21.0. The fourth-order valence-electron chi connectivity index (χ4n) is 5.93. The molecule has 1 aliphatic rings. The van der Waals surface area contributed by atoms with Crippen LogP contribution in [0.5, 0.6) is 17.2 Å². The lowest BCUT2D eigenvalue weighted by Gasteiger charge is -2.33. The lowest BCUT2D eigenvalue weighted by molar-refractivity contribution is -0.118. The van der Waals surface area contributed by atoms with Gasteiger partial charge in [-0.3, -0.25) is 4.90 Å². The van der Waals surface area contributed by atoms with Crippen LogP contribution in [0.4, 0.5) is 5.69 Å². The van der Waals surface area contributed by atoms with Gasteiger partial charge < -0.3 is 18.6 Å². The van der Waals surface area contributed by atoms with Crippen LogP contribution in [0.15, 0.2) is 59.2 Å². The summed E-state index contributed by atoms with van der Waals surface area (Å²) >= 11 is 12.8. The molecule has 5 rings (SSSR count). The van der Waals surface area contributed by atoms with Crippen molar-refractivity contribution in [3.63, 3.8) is 0 Å². The third-order valence-corrected chi connectivity index (χ3v) is 10.4. The van der Waals surface area contributed by atoms with Crippen molar-refractivity contribution < 1.29 is 19.0 Å². The molecule has 1 amide bonds. The molecule has 0 aliphatic carbocycles. The standard InChI is InChI=1S/C35H43BrClN4O4S/c1-25(2)12-17-41(24-42,30-9-11-32(44-4)35(34(30)37)45-18-14-39-15-19-46-20-16-39)23-28-29(40-13-6-5-7-33(40)38-28)22-26-21-27(36)8-10-31(26)43-3/h5-11,13,21,24-25H,12,14-20,22-23H2,1-4H3/q+1. The van der Waals surface area contributed by atoms with Gasteiger partial charge in [0.05, 0.1) is 26.5 Å². The molecule has 0 saturated carbocycles. The number of hydrogen-bond donors (Lipinski definition) is 0. The van der Waals surface area contributed by atoms with Crippen molar-refractivity contribution >= 4 is 57.0 Å². The number of methoxy groups -OCH3 is 2. The van der Waals surface area contributed by atoms with E-state index in [0.29, 0.717) is 54.2 Å². The van der Waals surface area contributed by atoms with Crippen LogP contribution in [0.2, 0.25) is 5.02 Å². The molecule has 2 aromatic heterocycles. The van der Waals surface area contributed by atoms with Gasteiger partial charge in [-0.15, -0.1) is 0 Å². The van der Waals surface area contributed by atoms with E-state index in [4.69, 9.17) is 30.8 Å². The SMILES string of the molecule is COc1ccc(Br)cc1Cc1c(C[N+](C=O)(CCC(C)C)c2ccc(OC)c(OCCN3CCSCC3)c2Cl)nc2ccccn12. The lowest BCUT2D eigenvalue weighted by Crippen LogP contribution is -2.49. The van der Waals surface area contributed by atoms with Gasteiger partial charge in [-0.1, -0.05) is 47.4 Å². The molecular weight excluding hydrogens is 688 g/mol. The summed E-state index contributed by atoms with van der Waals surface area (Å²) < 4.78 is 20.8. The number of carbonyl (C=O) groups is 1. The van der Waals surface area contributed by atoms with Gasteiger partial charge in [0.25, 0.3) is 0 Å². The van der Waals surface area contributed by atoms with Crippen LogP contribution in [-0.2, 0) is 17.8 Å². The number of thioether (sulfide) groups is 1. The predicted octanol–water partition coefficient (Wildman–Crippen LogP) is 7.50. The van der Waals surface area contributed by atoms with Crippen LogP contribution in [0.3, 0.4) is 0 Å². The lowest BCUT2D eigenvalue weighted by atomic mass is 10.0. The molecule has 11 heteroatoms. The second-order valence-electron chi connectivity index (χ2n) is 12.0. The number of carbonyl (C=O) groups excluding carboxylic acids is 1. The van der Waals surface area contributed by atoms with E-state index >= 15 is 0 Å². The second-order valence-corrected chi connectivity index (χ2v) is 14.5. The van der Waals surface area contributed by atoms with E-state index in [1.165, 1.54) is 0 Å². The topological polar surface area (TPSA) is 65.3 Å². The number of amides is 1. The molecule has 0 bridgehead atoms. The third kappa shape index (κ3) is 7.85. The Morgan fingerprint density at radius 2 is 1.85 bits per heavy atom. The first-order chi connectivity index (χ1) is 22.3. The van der Waals surface area contributed by atoms with Crippen LogP contribution in [0.1, 0.15) is 37.2 Å². The largest absolute Gasteiger partial charge is 0.496 e. The van der Waals surface area contributed by atoms with Gasteiger partial charge in [-0.25, -0.2) is 14.3 Å². The molecule has 46 heavy (non-hydrogen) atoms. The monoisotopic (exact) mass is 729 g/mol. The number of pyridine rings is 1. The molecule has 4 aromatic rings. The zero-order valence-corrected chi connectivity index (χ0v) is 30.2. The highest BCUT2D eigenvalue weighted by atomic mass is 79.9. The fourth-order valence-corrected chi connectivity index (χ4v) is 7.70. The van der Waals surface area contributed by atoms with E-state index in [9.17, 15) is 4.79 Å². The first-order valence-corrected chi connectivity index (χ1v) is 18.0. The van der Waals surface area contributed by atoms with Crippen molar-refractivity contribution in [2.24, 2.45) is 5.92 Å². The number of rotatable bonds is 15. The van der Waals surface area contributed by atoms with Crippen molar-refractivity contribution in [3.8, 4) is 17.2 Å². The maximum atomic E-state index is 13.5. The molecule has 0 spiro atoms. The number of ether oxygens (including phenoxy) is 3. The highest BCUT2D eigenvalue weighted by Gasteiger charge is 2.37. The van der Waals surface area contributed by atoms with Gasteiger partial charge in [0.15, 0.2) is 17.2 Å². The number of halogens is 2. The molecule has 1 saturated heterocycles. The van der Waals surface area contributed by atoms with E-state index in [-0.39, 0.29) is 4.48 Å². The van der Waals surface area contributed by atoms with Gasteiger partial charge in [0.2, 0.25) is 0 Å². The molecule has 246 valence electrons. The van der Waals surface area contributed by atoms with E-state index in [0.717, 1.165) is 76.8 Å². The maximum Gasteiger partial charge on any atom is 0.306 e. The van der Waals surface area contributed by atoms with Crippen molar-refractivity contribution in [2.75, 3.05) is 58.5 Å². The first kappa shape index (κ1) is 34.6. The number of imidazole rings is 1. The van der Waals surface area contributed by atoms with Crippen LogP contribution in [0, 0.1) is 5.92 Å². The highest BCUT2D eigenvalue weighted by Crippen LogP contribution is 2.45. The summed E-state index contributed by atoms with van der Waals surface area (Å²) in [6.07, 6.45) is 4.40. The molecular formula is C35H43BrClN4O4S+. The van der Waals surface area contributed by atoms with Gasteiger partial charge in [0, 0.05) is 59.9 Å². The maximum absolute atomic E-state index is 13.5. The Morgan fingerprint density at radius 3 is 2.57 bits per heavy atom. The minimum Gasteiger partial charge on any atom is -0.496 e. The Labute approximate surface area is 289 Å². The summed E-state index contributed by atoms with van der Waals surface area (Å²) in [5, 5.41) is 0.392. The minimum atomic E-state index is -0.0345. The van der Waals surface area contributed by atoms with E-state index < -0.39 is 0 Å². The third-order valence-electron chi connectivity index (χ3n) is 8.55. The van der Waals surface area contributed by atoms with Crippen molar-refractivity contribution in [2.45, 2.75) is 33.2 Å². The Bertz CT molecular complexity index is 1640. The molecule has 3 heterocycles. The summed E-state index contributed by atoms with van der Waals surface area (Å²) in [6.45, 7) is 8.57. The Kier molecular flexibility index (Phi) is 11.9. The zero-order chi connectivity index (χ0) is 32.7. The van der Waals surface area contributed by atoms with E-state index in [1.807, 2.05) is 60.4 Å². The van der Waals surface area contributed by atoms with Gasteiger partial charge >= 0.3 is 6.41 Å². The summed E-state index contributed by atoms with van der Waals surface area (Å²) in [5.74, 6) is 4.45. The number of benzene rings is 2. The quantitative estimate of drug-likeness (QED) is 0.0928. The average Bonchev–Trinajstić information content (AvgIpc) is 3.40. The molecule has 2 aromatic carbocycles.